The predicted octanol–water partition coefficient (Wildman–Crippen LogP) is 1.30. The summed E-state index contributed by atoms with van der Waals surface area (Å²) in [5, 5.41) is 12.8. The lowest BCUT2D eigenvalue weighted by Gasteiger charge is -2.38. The quantitative estimate of drug-likeness (QED) is 0.739. The topological polar surface area (TPSA) is 38.7 Å². The Morgan fingerprint density at radius 2 is 1.75 bits per heavy atom. The number of rotatable bonds is 7. The van der Waals surface area contributed by atoms with Gasteiger partial charge in [0.15, 0.2) is 0 Å². The second-order valence-electron chi connectivity index (χ2n) is 6.81. The smallest absolute Gasteiger partial charge is 0.0585 e. The fraction of sp³-hybridized carbons (Fsp3) is 1.00. The highest BCUT2D eigenvalue weighted by molar-refractivity contribution is 4.82. The molecule has 20 heavy (non-hydrogen) atoms. The molecule has 0 radical (unpaired) electrons. The first-order valence-electron chi connectivity index (χ1n) is 8.52. The minimum absolute atomic E-state index is 0.250. The van der Waals surface area contributed by atoms with E-state index in [1.54, 1.807) is 0 Å². The molecule has 2 rings (SSSR count). The first kappa shape index (κ1) is 16.2. The molecule has 0 bridgehead atoms. The van der Waals surface area contributed by atoms with Crippen molar-refractivity contribution in [3.63, 3.8) is 0 Å². The number of aliphatic hydroxyl groups excluding tert-OH is 1. The van der Waals surface area contributed by atoms with E-state index in [1.165, 1.54) is 51.9 Å². The highest BCUT2D eigenvalue weighted by Gasteiger charge is 2.26. The molecular formula is C16H33N3O. The third-order valence-electron chi connectivity index (χ3n) is 4.83. The van der Waals surface area contributed by atoms with Crippen LogP contribution in [0.25, 0.3) is 0 Å². The van der Waals surface area contributed by atoms with Gasteiger partial charge in [0.1, 0.15) is 0 Å². The molecule has 2 N–H and O–H groups in total. The van der Waals surface area contributed by atoms with Crippen LogP contribution in [0.3, 0.4) is 0 Å². The Morgan fingerprint density at radius 3 is 2.30 bits per heavy atom. The van der Waals surface area contributed by atoms with E-state index in [-0.39, 0.29) is 12.6 Å². The summed E-state index contributed by atoms with van der Waals surface area (Å²) in [6.07, 6.45) is 6.77. The molecule has 0 aromatic rings. The third-order valence-corrected chi connectivity index (χ3v) is 4.83. The van der Waals surface area contributed by atoms with E-state index in [0.29, 0.717) is 6.04 Å². The van der Waals surface area contributed by atoms with E-state index >= 15 is 0 Å². The lowest BCUT2D eigenvalue weighted by Crippen LogP contribution is -2.50. The zero-order chi connectivity index (χ0) is 14.4. The molecular weight excluding hydrogens is 250 g/mol. The third kappa shape index (κ3) is 4.99. The highest BCUT2D eigenvalue weighted by Crippen LogP contribution is 2.24. The SMILES string of the molecule is CC(C)NC(CO)CCN1CCN(C2CCCC2)CC1. The van der Waals surface area contributed by atoms with E-state index < -0.39 is 0 Å². The summed E-state index contributed by atoms with van der Waals surface area (Å²) >= 11 is 0. The molecule has 1 aliphatic carbocycles. The monoisotopic (exact) mass is 283 g/mol. The van der Waals surface area contributed by atoms with Gasteiger partial charge in [-0.25, -0.2) is 0 Å². The van der Waals surface area contributed by atoms with Crippen molar-refractivity contribution in [1.29, 1.82) is 0 Å². The van der Waals surface area contributed by atoms with E-state index in [1.807, 2.05) is 0 Å². The Balaban J connectivity index is 1.63. The van der Waals surface area contributed by atoms with Crippen LogP contribution in [0.1, 0.15) is 46.0 Å². The molecule has 2 aliphatic rings. The van der Waals surface area contributed by atoms with Crippen molar-refractivity contribution in [2.75, 3.05) is 39.3 Å². The molecule has 1 unspecified atom stereocenters. The molecule has 0 amide bonds. The van der Waals surface area contributed by atoms with Crippen molar-refractivity contribution in [3.05, 3.63) is 0 Å². The summed E-state index contributed by atoms with van der Waals surface area (Å²) in [4.78, 5) is 5.27. The molecule has 1 saturated carbocycles. The van der Waals surface area contributed by atoms with Crippen LogP contribution in [0.4, 0.5) is 0 Å². The maximum absolute atomic E-state index is 9.40. The van der Waals surface area contributed by atoms with Crippen molar-refractivity contribution in [3.8, 4) is 0 Å². The number of aliphatic hydroxyl groups is 1. The van der Waals surface area contributed by atoms with Gasteiger partial charge in [-0.1, -0.05) is 26.7 Å². The van der Waals surface area contributed by atoms with Crippen molar-refractivity contribution in [1.82, 2.24) is 15.1 Å². The van der Waals surface area contributed by atoms with E-state index in [2.05, 4.69) is 29.0 Å². The van der Waals surface area contributed by atoms with Crippen LogP contribution in [0.15, 0.2) is 0 Å². The van der Waals surface area contributed by atoms with Crippen molar-refractivity contribution >= 4 is 0 Å². The molecule has 4 heteroatoms. The largest absolute Gasteiger partial charge is 0.395 e. The Hall–Kier alpha value is -0.160. The van der Waals surface area contributed by atoms with Gasteiger partial charge in [0, 0.05) is 44.3 Å². The van der Waals surface area contributed by atoms with Gasteiger partial charge >= 0.3 is 0 Å². The second kappa shape index (κ2) is 8.32. The lowest BCUT2D eigenvalue weighted by atomic mass is 10.1. The van der Waals surface area contributed by atoms with Crippen molar-refractivity contribution in [2.45, 2.75) is 64.1 Å². The van der Waals surface area contributed by atoms with Gasteiger partial charge in [-0.2, -0.15) is 0 Å². The van der Waals surface area contributed by atoms with Gasteiger partial charge in [0.2, 0.25) is 0 Å². The molecule has 1 aliphatic heterocycles. The van der Waals surface area contributed by atoms with Gasteiger partial charge in [0.25, 0.3) is 0 Å². The fourth-order valence-corrected chi connectivity index (χ4v) is 3.66. The van der Waals surface area contributed by atoms with E-state index in [9.17, 15) is 5.11 Å². The standard InChI is InChI=1S/C16H33N3O/c1-14(2)17-15(13-20)7-8-18-9-11-19(12-10-18)16-5-3-4-6-16/h14-17,20H,3-13H2,1-2H3. The molecule has 2 fully saturated rings. The summed E-state index contributed by atoms with van der Waals surface area (Å²) in [5.41, 5.74) is 0. The molecule has 0 aromatic heterocycles. The summed E-state index contributed by atoms with van der Waals surface area (Å²) < 4.78 is 0. The number of hydrogen-bond donors (Lipinski definition) is 2. The molecule has 4 nitrogen and oxygen atoms in total. The molecule has 1 heterocycles. The summed E-state index contributed by atoms with van der Waals surface area (Å²) in [6.45, 7) is 10.5. The molecule has 1 saturated heterocycles. The zero-order valence-corrected chi connectivity index (χ0v) is 13.4. The minimum Gasteiger partial charge on any atom is -0.395 e. The number of piperazine rings is 1. The number of nitrogens with zero attached hydrogens (tertiary/aromatic N) is 2. The molecule has 118 valence electrons. The summed E-state index contributed by atoms with van der Waals surface area (Å²) in [6, 6.07) is 1.58. The Morgan fingerprint density at radius 1 is 1.10 bits per heavy atom. The average molecular weight is 283 g/mol. The lowest BCUT2D eigenvalue weighted by molar-refractivity contribution is 0.0923. The first-order chi connectivity index (χ1) is 9.69. The van der Waals surface area contributed by atoms with Crippen LogP contribution in [0, 0.1) is 0 Å². The van der Waals surface area contributed by atoms with Gasteiger partial charge < -0.3 is 15.3 Å². The van der Waals surface area contributed by atoms with E-state index in [4.69, 9.17) is 0 Å². The van der Waals surface area contributed by atoms with Crippen LogP contribution in [-0.4, -0.2) is 72.4 Å². The van der Waals surface area contributed by atoms with Crippen LogP contribution >= 0.6 is 0 Å². The van der Waals surface area contributed by atoms with Crippen LogP contribution in [-0.2, 0) is 0 Å². The van der Waals surface area contributed by atoms with Gasteiger partial charge in [-0.05, 0) is 25.8 Å². The normalized spacial score (nSPS) is 24.6. The van der Waals surface area contributed by atoms with Crippen LogP contribution in [0.2, 0.25) is 0 Å². The van der Waals surface area contributed by atoms with Crippen LogP contribution in [0.5, 0.6) is 0 Å². The fourth-order valence-electron chi connectivity index (χ4n) is 3.66. The van der Waals surface area contributed by atoms with Crippen molar-refractivity contribution < 1.29 is 5.11 Å². The highest BCUT2D eigenvalue weighted by atomic mass is 16.3. The zero-order valence-electron chi connectivity index (χ0n) is 13.4. The Bertz CT molecular complexity index is 258. The van der Waals surface area contributed by atoms with E-state index in [0.717, 1.165) is 19.0 Å². The van der Waals surface area contributed by atoms with Gasteiger partial charge in [-0.3, -0.25) is 4.90 Å². The minimum atomic E-state index is 0.250. The maximum atomic E-state index is 9.40. The summed E-state index contributed by atoms with van der Waals surface area (Å²) in [5.74, 6) is 0. The maximum Gasteiger partial charge on any atom is 0.0585 e. The van der Waals surface area contributed by atoms with Crippen LogP contribution < -0.4 is 5.32 Å². The number of hydrogen-bond acceptors (Lipinski definition) is 4. The Kier molecular flexibility index (Phi) is 6.75. The van der Waals surface area contributed by atoms with Gasteiger partial charge in [0.05, 0.1) is 6.61 Å². The average Bonchev–Trinajstić information content (AvgIpc) is 2.97. The molecule has 0 aromatic carbocycles. The van der Waals surface area contributed by atoms with Crippen molar-refractivity contribution in [2.24, 2.45) is 0 Å². The first-order valence-corrected chi connectivity index (χ1v) is 8.52. The molecule has 0 spiro atoms. The Labute approximate surface area is 124 Å². The molecule has 1 atom stereocenters. The predicted molar refractivity (Wildman–Crippen MR) is 84.0 cm³/mol. The number of nitrogens with one attached hydrogen (secondary N) is 1. The summed E-state index contributed by atoms with van der Waals surface area (Å²) in [7, 11) is 0. The second-order valence-corrected chi connectivity index (χ2v) is 6.81. The van der Waals surface area contributed by atoms with Gasteiger partial charge in [-0.15, -0.1) is 0 Å².